The Morgan fingerprint density at radius 2 is 2.00 bits per heavy atom. The minimum absolute atomic E-state index is 0.0620. The van der Waals surface area contributed by atoms with Gasteiger partial charge in [0.25, 0.3) is 0 Å². The van der Waals surface area contributed by atoms with E-state index in [0.29, 0.717) is 12.3 Å². The largest absolute Gasteiger partial charge is 0.368 e. The standard InChI is InChI=1S/C11H18O2/c1-10-5-3-9(4-6-10)11(2,13-10)7-8-12/h8-9H,3-7H2,1-2H3/t9?,10?,11-/m0/s1. The fraction of sp³-hybridized carbons (Fsp3) is 0.909. The minimum atomic E-state index is -0.160. The van der Waals surface area contributed by atoms with E-state index in [1.54, 1.807) is 0 Å². The fourth-order valence-corrected chi connectivity index (χ4v) is 2.96. The Hall–Kier alpha value is -0.370. The molecule has 1 aliphatic carbocycles. The average Bonchev–Trinajstić information content (AvgIpc) is 2.03. The average molecular weight is 182 g/mol. The van der Waals surface area contributed by atoms with Crippen molar-refractivity contribution in [2.45, 2.75) is 57.2 Å². The molecule has 1 saturated carbocycles. The van der Waals surface area contributed by atoms with Gasteiger partial charge in [0.15, 0.2) is 0 Å². The Morgan fingerprint density at radius 1 is 1.38 bits per heavy atom. The molecule has 0 aromatic carbocycles. The molecule has 2 aliphatic heterocycles. The molecule has 2 saturated heterocycles. The molecule has 2 nitrogen and oxygen atoms in total. The third kappa shape index (κ3) is 1.41. The third-order valence-electron chi connectivity index (χ3n) is 3.88. The van der Waals surface area contributed by atoms with E-state index >= 15 is 0 Å². The summed E-state index contributed by atoms with van der Waals surface area (Å²) in [5, 5.41) is 0. The second kappa shape index (κ2) is 2.81. The zero-order chi connectivity index (χ0) is 9.53. The predicted molar refractivity (Wildman–Crippen MR) is 50.5 cm³/mol. The van der Waals surface area contributed by atoms with Crippen molar-refractivity contribution in [1.29, 1.82) is 0 Å². The highest BCUT2D eigenvalue weighted by molar-refractivity contribution is 5.51. The van der Waals surface area contributed by atoms with Crippen molar-refractivity contribution in [2.24, 2.45) is 5.92 Å². The first-order chi connectivity index (χ1) is 6.08. The van der Waals surface area contributed by atoms with E-state index in [1.165, 1.54) is 25.7 Å². The molecule has 3 fully saturated rings. The van der Waals surface area contributed by atoms with E-state index in [-0.39, 0.29) is 11.2 Å². The molecule has 0 aromatic heterocycles. The first kappa shape index (κ1) is 9.20. The van der Waals surface area contributed by atoms with Gasteiger partial charge in [-0.05, 0) is 45.4 Å². The van der Waals surface area contributed by atoms with Crippen LogP contribution >= 0.6 is 0 Å². The highest BCUT2D eigenvalue weighted by Gasteiger charge is 2.50. The van der Waals surface area contributed by atoms with Crippen molar-refractivity contribution in [3.63, 3.8) is 0 Å². The quantitative estimate of drug-likeness (QED) is 0.612. The maximum atomic E-state index is 10.6. The molecule has 2 heteroatoms. The lowest BCUT2D eigenvalue weighted by molar-refractivity contribution is -0.237. The number of carbonyl (C=O) groups is 1. The topological polar surface area (TPSA) is 26.3 Å². The van der Waals surface area contributed by atoms with E-state index in [2.05, 4.69) is 13.8 Å². The predicted octanol–water partition coefficient (Wildman–Crippen LogP) is 2.31. The van der Waals surface area contributed by atoms with E-state index < -0.39 is 0 Å². The molecule has 2 bridgehead atoms. The van der Waals surface area contributed by atoms with Crippen molar-refractivity contribution in [3.05, 3.63) is 0 Å². The van der Waals surface area contributed by atoms with Gasteiger partial charge in [0, 0.05) is 6.42 Å². The second-order valence-electron chi connectivity index (χ2n) is 5.01. The lowest BCUT2D eigenvalue weighted by Gasteiger charge is -2.54. The van der Waals surface area contributed by atoms with Crippen LogP contribution in [0.3, 0.4) is 0 Å². The molecule has 0 spiro atoms. The van der Waals surface area contributed by atoms with Crippen molar-refractivity contribution in [2.75, 3.05) is 0 Å². The van der Waals surface area contributed by atoms with Gasteiger partial charge in [-0.1, -0.05) is 0 Å². The summed E-state index contributed by atoms with van der Waals surface area (Å²) in [7, 11) is 0. The Kier molecular flexibility index (Phi) is 1.99. The van der Waals surface area contributed by atoms with Gasteiger partial charge < -0.3 is 9.53 Å². The number of aldehydes is 1. The number of rotatable bonds is 2. The summed E-state index contributed by atoms with van der Waals surface area (Å²) in [4.78, 5) is 10.6. The van der Waals surface area contributed by atoms with E-state index in [0.717, 1.165) is 6.29 Å². The van der Waals surface area contributed by atoms with Crippen molar-refractivity contribution >= 4 is 6.29 Å². The van der Waals surface area contributed by atoms with Gasteiger partial charge in [-0.2, -0.15) is 0 Å². The summed E-state index contributed by atoms with van der Waals surface area (Å²) < 4.78 is 6.07. The molecule has 0 amide bonds. The highest BCUT2D eigenvalue weighted by atomic mass is 16.5. The monoisotopic (exact) mass is 182 g/mol. The maximum absolute atomic E-state index is 10.6. The fourth-order valence-electron chi connectivity index (χ4n) is 2.96. The summed E-state index contributed by atoms with van der Waals surface area (Å²) in [6.07, 6.45) is 6.39. The van der Waals surface area contributed by atoms with Gasteiger partial charge in [-0.25, -0.2) is 0 Å². The third-order valence-corrected chi connectivity index (χ3v) is 3.88. The molecule has 1 atom stereocenters. The number of carbonyl (C=O) groups excluding carboxylic acids is 1. The zero-order valence-corrected chi connectivity index (χ0v) is 8.51. The molecule has 2 heterocycles. The summed E-state index contributed by atoms with van der Waals surface area (Å²) in [5.74, 6) is 0.611. The van der Waals surface area contributed by atoms with E-state index in [1.807, 2.05) is 0 Å². The van der Waals surface area contributed by atoms with Crippen LogP contribution in [0.25, 0.3) is 0 Å². The van der Waals surface area contributed by atoms with Crippen LogP contribution in [0, 0.1) is 5.92 Å². The first-order valence-corrected chi connectivity index (χ1v) is 5.22. The normalized spacial score (nSPS) is 49.2. The summed E-state index contributed by atoms with van der Waals surface area (Å²) in [5.41, 5.74) is -0.0977. The van der Waals surface area contributed by atoms with Crippen LogP contribution in [-0.4, -0.2) is 17.5 Å². The van der Waals surface area contributed by atoms with Gasteiger partial charge in [0.1, 0.15) is 6.29 Å². The van der Waals surface area contributed by atoms with E-state index in [9.17, 15) is 4.79 Å². The second-order valence-corrected chi connectivity index (χ2v) is 5.01. The number of hydrogen-bond donors (Lipinski definition) is 0. The zero-order valence-electron chi connectivity index (χ0n) is 8.51. The molecule has 13 heavy (non-hydrogen) atoms. The van der Waals surface area contributed by atoms with Crippen molar-refractivity contribution < 1.29 is 9.53 Å². The van der Waals surface area contributed by atoms with E-state index in [4.69, 9.17) is 4.74 Å². The number of fused-ring (bicyclic) bond motifs is 3. The summed E-state index contributed by atoms with van der Waals surface area (Å²) in [6.45, 7) is 4.29. The van der Waals surface area contributed by atoms with Gasteiger partial charge in [0.2, 0.25) is 0 Å². The van der Waals surface area contributed by atoms with Crippen LogP contribution in [0.5, 0.6) is 0 Å². The molecule has 3 rings (SSSR count). The smallest absolute Gasteiger partial charge is 0.122 e. The van der Waals surface area contributed by atoms with Gasteiger partial charge >= 0.3 is 0 Å². The Labute approximate surface area is 79.7 Å². The Morgan fingerprint density at radius 3 is 2.46 bits per heavy atom. The number of hydrogen-bond acceptors (Lipinski definition) is 2. The highest BCUT2D eigenvalue weighted by Crippen LogP contribution is 2.50. The minimum Gasteiger partial charge on any atom is -0.368 e. The van der Waals surface area contributed by atoms with Crippen molar-refractivity contribution in [3.8, 4) is 0 Å². The Bertz CT molecular complexity index is 216. The molecule has 0 aromatic rings. The van der Waals surface area contributed by atoms with Crippen LogP contribution in [0.1, 0.15) is 46.0 Å². The van der Waals surface area contributed by atoms with Crippen LogP contribution in [0.2, 0.25) is 0 Å². The van der Waals surface area contributed by atoms with Gasteiger partial charge in [-0.15, -0.1) is 0 Å². The molecule has 0 radical (unpaired) electrons. The first-order valence-electron chi connectivity index (χ1n) is 5.22. The lowest BCUT2D eigenvalue weighted by Crippen LogP contribution is -2.55. The van der Waals surface area contributed by atoms with Gasteiger partial charge in [-0.3, -0.25) is 0 Å². The van der Waals surface area contributed by atoms with Crippen LogP contribution in [0.4, 0.5) is 0 Å². The summed E-state index contributed by atoms with van der Waals surface area (Å²) >= 11 is 0. The Balaban J connectivity index is 2.18. The molecular weight excluding hydrogens is 164 g/mol. The van der Waals surface area contributed by atoms with Crippen LogP contribution in [0.15, 0.2) is 0 Å². The van der Waals surface area contributed by atoms with Crippen molar-refractivity contribution in [1.82, 2.24) is 0 Å². The number of ether oxygens (including phenoxy) is 1. The van der Waals surface area contributed by atoms with Crippen LogP contribution < -0.4 is 0 Å². The maximum Gasteiger partial charge on any atom is 0.122 e. The summed E-state index contributed by atoms with van der Waals surface area (Å²) in [6, 6.07) is 0. The molecule has 0 unspecified atom stereocenters. The molecule has 74 valence electrons. The van der Waals surface area contributed by atoms with Crippen LogP contribution in [-0.2, 0) is 9.53 Å². The SMILES string of the molecule is CC12CCC(CC1)[C@](C)(CC=O)O2. The molecular formula is C11H18O2. The lowest BCUT2D eigenvalue weighted by atomic mass is 9.67. The molecule has 0 N–H and O–H groups in total. The van der Waals surface area contributed by atoms with Gasteiger partial charge in [0.05, 0.1) is 11.2 Å². The molecule has 3 aliphatic rings.